The molecule has 1 rings (SSSR count). The van der Waals surface area contributed by atoms with E-state index in [1.807, 2.05) is 6.92 Å². The van der Waals surface area contributed by atoms with Gasteiger partial charge in [0.1, 0.15) is 0 Å². The molecule has 0 unspecified atom stereocenters. The summed E-state index contributed by atoms with van der Waals surface area (Å²) in [5, 5.41) is 0. The zero-order chi connectivity index (χ0) is 15.6. The molecule has 1 aromatic carbocycles. The highest BCUT2D eigenvalue weighted by Crippen LogP contribution is 2.23. The topological polar surface area (TPSA) is 63.7 Å². The van der Waals surface area contributed by atoms with Gasteiger partial charge in [-0.05, 0) is 26.0 Å². The van der Waals surface area contributed by atoms with E-state index in [4.69, 9.17) is 4.74 Å². The van der Waals surface area contributed by atoms with Crippen molar-refractivity contribution in [2.45, 2.75) is 38.4 Å². The van der Waals surface area contributed by atoms with Crippen LogP contribution in [0.5, 0.6) is 0 Å². The van der Waals surface area contributed by atoms with Crippen molar-refractivity contribution < 1.29 is 17.9 Å². The second-order valence-corrected chi connectivity index (χ2v) is 12.4. The maximum Gasteiger partial charge on any atom is 0.415 e. The van der Waals surface area contributed by atoms with E-state index in [0.29, 0.717) is 0 Å². The fraction of sp³-hybridized carbons (Fsp3) is 0.462. The highest BCUT2D eigenvalue weighted by molar-refractivity contribution is 7.91. The van der Waals surface area contributed by atoms with Crippen LogP contribution in [0.1, 0.15) is 12.5 Å². The Morgan fingerprint density at radius 3 is 2.10 bits per heavy atom. The van der Waals surface area contributed by atoms with Crippen LogP contribution in [-0.4, -0.2) is 33.3 Å². The summed E-state index contributed by atoms with van der Waals surface area (Å²) >= 11 is 0. The minimum atomic E-state index is -3.88. The Morgan fingerprint density at radius 1 is 1.20 bits per heavy atom. The predicted octanol–water partition coefficient (Wildman–Crippen LogP) is 2.98. The summed E-state index contributed by atoms with van der Waals surface area (Å²) in [4.78, 5) is 12.1. The normalized spacial score (nSPS) is 12.1. The number of ether oxygens (including phenoxy) is 1. The molecule has 0 fully saturated rings. The van der Waals surface area contributed by atoms with Crippen molar-refractivity contribution in [3.63, 3.8) is 0 Å². The number of aryl methyl sites for hydroxylation is 1. The number of benzene rings is 1. The van der Waals surface area contributed by atoms with Crippen molar-refractivity contribution in [3.05, 3.63) is 29.8 Å². The van der Waals surface area contributed by atoms with Crippen LogP contribution in [0, 0.1) is 6.92 Å². The second-order valence-electron chi connectivity index (χ2n) is 5.45. The molecule has 7 heteroatoms. The SMILES string of the molecule is CCOC(=O)N([Si](C)(C)C)S(=O)(=O)c1ccc(C)cc1. The minimum Gasteiger partial charge on any atom is -0.450 e. The van der Waals surface area contributed by atoms with Gasteiger partial charge in [-0.15, -0.1) is 0 Å². The van der Waals surface area contributed by atoms with Gasteiger partial charge < -0.3 is 4.74 Å². The van der Waals surface area contributed by atoms with Crippen molar-refractivity contribution in [3.8, 4) is 0 Å². The first-order chi connectivity index (χ1) is 9.10. The summed E-state index contributed by atoms with van der Waals surface area (Å²) in [5.41, 5.74) is 0.958. The van der Waals surface area contributed by atoms with Gasteiger partial charge in [-0.1, -0.05) is 37.3 Å². The Hall–Kier alpha value is -1.34. The lowest BCUT2D eigenvalue weighted by atomic mass is 10.2. The van der Waals surface area contributed by atoms with Crippen LogP contribution in [0.25, 0.3) is 0 Å². The molecule has 20 heavy (non-hydrogen) atoms. The van der Waals surface area contributed by atoms with E-state index in [2.05, 4.69) is 0 Å². The Bertz CT molecular complexity index is 575. The molecule has 1 amide bonds. The third kappa shape index (κ3) is 3.60. The third-order valence-corrected chi connectivity index (χ3v) is 7.87. The van der Waals surface area contributed by atoms with Crippen molar-refractivity contribution in [1.29, 1.82) is 0 Å². The van der Waals surface area contributed by atoms with E-state index < -0.39 is 24.4 Å². The van der Waals surface area contributed by atoms with Crippen molar-refractivity contribution >= 4 is 24.4 Å². The van der Waals surface area contributed by atoms with Gasteiger partial charge in [0.05, 0.1) is 11.5 Å². The van der Waals surface area contributed by atoms with Crippen molar-refractivity contribution in [2.75, 3.05) is 6.61 Å². The number of carbonyl (C=O) groups is 1. The van der Waals surface area contributed by atoms with Crippen molar-refractivity contribution in [2.24, 2.45) is 0 Å². The summed E-state index contributed by atoms with van der Waals surface area (Å²) in [5.74, 6) is 0. The molecule has 5 nitrogen and oxygen atoms in total. The lowest BCUT2D eigenvalue weighted by molar-refractivity contribution is 0.143. The first kappa shape index (κ1) is 16.7. The molecule has 0 aliphatic rings. The highest BCUT2D eigenvalue weighted by Gasteiger charge is 2.40. The first-order valence-electron chi connectivity index (χ1n) is 6.39. The molecule has 0 saturated carbocycles. The van der Waals surface area contributed by atoms with E-state index in [-0.39, 0.29) is 11.5 Å². The monoisotopic (exact) mass is 315 g/mol. The van der Waals surface area contributed by atoms with E-state index in [1.54, 1.807) is 38.7 Å². The summed E-state index contributed by atoms with van der Waals surface area (Å²) in [6.07, 6.45) is -0.799. The quantitative estimate of drug-likeness (QED) is 0.801. The summed E-state index contributed by atoms with van der Waals surface area (Å²) in [6, 6.07) is 6.44. The fourth-order valence-electron chi connectivity index (χ4n) is 1.73. The van der Waals surface area contributed by atoms with Crippen molar-refractivity contribution in [1.82, 2.24) is 3.97 Å². The van der Waals surface area contributed by atoms with Gasteiger partial charge >= 0.3 is 6.09 Å². The number of sulfonamides is 1. The maximum atomic E-state index is 12.7. The third-order valence-electron chi connectivity index (χ3n) is 2.60. The molecule has 1 aromatic rings. The summed E-state index contributed by atoms with van der Waals surface area (Å²) < 4.78 is 31.2. The molecule has 0 aliphatic carbocycles. The van der Waals surface area contributed by atoms with Crippen LogP contribution in [0.15, 0.2) is 29.2 Å². The van der Waals surface area contributed by atoms with Gasteiger partial charge in [0.15, 0.2) is 8.24 Å². The molecule has 0 spiro atoms. The predicted molar refractivity (Wildman–Crippen MR) is 80.6 cm³/mol. The number of rotatable bonds is 4. The Balaban J connectivity index is 3.32. The van der Waals surface area contributed by atoms with Crippen LogP contribution in [0.2, 0.25) is 19.6 Å². The zero-order valence-electron chi connectivity index (χ0n) is 12.5. The zero-order valence-corrected chi connectivity index (χ0v) is 14.3. The van der Waals surface area contributed by atoms with Crippen LogP contribution >= 0.6 is 0 Å². The lowest BCUT2D eigenvalue weighted by Crippen LogP contribution is -2.53. The van der Waals surface area contributed by atoms with E-state index in [1.165, 1.54) is 12.1 Å². The smallest absolute Gasteiger partial charge is 0.415 e. The van der Waals surface area contributed by atoms with E-state index in [0.717, 1.165) is 9.53 Å². The van der Waals surface area contributed by atoms with Crippen LogP contribution in [0.4, 0.5) is 4.79 Å². The fourth-order valence-corrected chi connectivity index (χ4v) is 6.48. The Labute approximate surface area is 121 Å². The lowest BCUT2D eigenvalue weighted by Gasteiger charge is -2.32. The first-order valence-corrected chi connectivity index (χ1v) is 11.3. The van der Waals surface area contributed by atoms with Gasteiger partial charge in [0, 0.05) is 0 Å². The van der Waals surface area contributed by atoms with Crippen LogP contribution < -0.4 is 0 Å². The maximum absolute atomic E-state index is 12.7. The van der Waals surface area contributed by atoms with Crippen LogP contribution in [-0.2, 0) is 14.8 Å². The number of hydrogen-bond donors (Lipinski definition) is 0. The van der Waals surface area contributed by atoms with Gasteiger partial charge in [-0.3, -0.25) is 0 Å². The van der Waals surface area contributed by atoms with Gasteiger partial charge in [0.25, 0.3) is 10.0 Å². The number of nitrogens with zero attached hydrogens (tertiary/aromatic N) is 1. The Morgan fingerprint density at radius 2 is 1.70 bits per heavy atom. The number of amides is 1. The van der Waals surface area contributed by atoms with Crippen LogP contribution in [0.3, 0.4) is 0 Å². The molecule has 0 bridgehead atoms. The molecular formula is C13H21NO4SSi. The highest BCUT2D eigenvalue weighted by atomic mass is 32.2. The molecule has 0 heterocycles. The number of hydrogen-bond acceptors (Lipinski definition) is 4. The minimum absolute atomic E-state index is 0.110. The molecule has 0 aromatic heterocycles. The second kappa shape index (κ2) is 5.97. The molecule has 0 aliphatic heterocycles. The van der Waals surface area contributed by atoms with Gasteiger partial charge in [-0.2, -0.15) is 0 Å². The largest absolute Gasteiger partial charge is 0.450 e. The van der Waals surface area contributed by atoms with E-state index in [9.17, 15) is 13.2 Å². The average molecular weight is 315 g/mol. The summed E-state index contributed by atoms with van der Waals surface area (Å²) in [6.45, 7) is 9.03. The number of carbonyl (C=O) groups excluding carboxylic acids is 1. The molecule has 112 valence electrons. The molecule has 0 saturated heterocycles. The molecule has 0 radical (unpaired) electrons. The molecule has 0 N–H and O–H groups in total. The van der Waals surface area contributed by atoms with E-state index >= 15 is 0 Å². The molecule has 0 atom stereocenters. The molecular weight excluding hydrogens is 294 g/mol. The Kier molecular flexibility index (Phi) is 4.98. The van der Waals surface area contributed by atoms with Gasteiger partial charge in [-0.25, -0.2) is 17.2 Å². The van der Waals surface area contributed by atoms with Gasteiger partial charge in [0.2, 0.25) is 0 Å². The average Bonchev–Trinajstić information content (AvgIpc) is 2.27. The summed E-state index contributed by atoms with van der Waals surface area (Å²) in [7, 11) is -6.32. The standard InChI is InChI=1S/C13H21NO4SSi/c1-6-18-13(15)14(20(3,4)5)19(16,17)12-9-7-11(2)8-10-12/h7-10H,6H2,1-5H3.